The van der Waals surface area contributed by atoms with Crippen LogP contribution < -0.4 is 14.8 Å². The van der Waals surface area contributed by atoms with Crippen molar-refractivity contribution >= 4 is 44.6 Å². The number of thiazole rings is 1. The molecule has 2 amide bonds. The average molecular weight is 481 g/mol. The van der Waals surface area contributed by atoms with Gasteiger partial charge in [-0.3, -0.25) is 14.9 Å². The van der Waals surface area contributed by atoms with Crippen molar-refractivity contribution in [2.75, 3.05) is 52.3 Å². The van der Waals surface area contributed by atoms with Crippen LogP contribution in [-0.2, 0) is 4.79 Å². The Kier molecular flexibility index (Phi) is 7.44. The van der Waals surface area contributed by atoms with Crippen LogP contribution in [-0.4, -0.2) is 73.5 Å². The first-order valence-electron chi connectivity index (χ1n) is 11.1. The Bertz CT molecular complexity index is 1210. The van der Waals surface area contributed by atoms with Crippen molar-refractivity contribution in [2.24, 2.45) is 0 Å². The second-order valence-corrected chi connectivity index (χ2v) is 8.99. The number of carbonyl (C=O) groups excluding carboxylic acids is 2. The summed E-state index contributed by atoms with van der Waals surface area (Å²) < 4.78 is 11.7. The summed E-state index contributed by atoms with van der Waals surface area (Å²) >= 11 is 1.35. The van der Waals surface area contributed by atoms with Crippen molar-refractivity contribution in [2.45, 2.75) is 6.92 Å². The molecule has 0 atom stereocenters. The molecule has 0 unspecified atom stereocenters. The molecule has 0 aliphatic carbocycles. The van der Waals surface area contributed by atoms with Gasteiger partial charge in [0.15, 0.2) is 16.6 Å². The molecule has 1 fully saturated rings. The standard InChI is InChI=1S/C25H28N4O4S/c1-4-33-20-9-5-17(15-21(20)32-3)6-10-23(30)27-25-26-19-8-7-18(16-22(19)34-25)24(31)29-13-11-28(2)12-14-29/h5-10,15-16H,4,11-14H2,1-3H3,(H,26,27,30)/b10-6+. The first-order valence-corrected chi connectivity index (χ1v) is 12.0. The van der Waals surface area contributed by atoms with Gasteiger partial charge in [0.2, 0.25) is 5.91 Å². The lowest BCUT2D eigenvalue weighted by Crippen LogP contribution is -2.47. The fourth-order valence-electron chi connectivity index (χ4n) is 3.68. The highest BCUT2D eigenvalue weighted by Crippen LogP contribution is 2.29. The number of piperazine rings is 1. The smallest absolute Gasteiger partial charge is 0.253 e. The third kappa shape index (κ3) is 5.55. The summed E-state index contributed by atoms with van der Waals surface area (Å²) in [5.41, 5.74) is 2.20. The number of nitrogens with zero attached hydrogens (tertiary/aromatic N) is 3. The number of carbonyl (C=O) groups is 2. The van der Waals surface area contributed by atoms with Gasteiger partial charge in [0.05, 0.1) is 23.9 Å². The summed E-state index contributed by atoms with van der Waals surface area (Å²) in [6, 6.07) is 11.0. The molecule has 34 heavy (non-hydrogen) atoms. The van der Waals surface area contributed by atoms with Crippen LogP contribution in [0.1, 0.15) is 22.8 Å². The van der Waals surface area contributed by atoms with E-state index in [9.17, 15) is 9.59 Å². The number of likely N-dealkylation sites (N-methyl/N-ethyl adjacent to an activating group) is 1. The number of benzene rings is 2. The molecule has 1 saturated heterocycles. The summed E-state index contributed by atoms with van der Waals surface area (Å²) in [7, 11) is 3.64. The molecular formula is C25H28N4O4S. The van der Waals surface area contributed by atoms with Gasteiger partial charge in [-0.2, -0.15) is 0 Å². The Morgan fingerprint density at radius 3 is 2.65 bits per heavy atom. The van der Waals surface area contributed by atoms with Crippen molar-refractivity contribution in [1.29, 1.82) is 0 Å². The van der Waals surface area contributed by atoms with E-state index < -0.39 is 0 Å². The normalized spacial score (nSPS) is 14.5. The summed E-state index contributed by atoms with van der Waals surface area (Å²) in [5.74, 6) is 1.01. The number of anilines is 1. The number of rotatable bonds is 7. The van der Waals surface area contributed by atoms with Crippen molar-refractivity contribution in [3.8, 4) is 11.5 Å². The van der Waals surface area contributed by atoms with E-state index in [2.05, 4.69) is 22.2 Å². The van der Waals surface area contributed by atoms with Gasteiger partial charge in [0.25, 0.3) is 5.91 Å². The quantitative estimate of drug-likeness (QED) is 0.519. The maximum absolute atomic E-state index is 12.9. The maximum atomic E-state index is 12.9. The number of ether oxygens (including phenoxy) is 2. The number of hydrogen-bond donors (Lipinski definition) is 1. The number of hydrogen-bond acceptors (Lipinski definition) is 7. The summed E-state index contributed by atoms with van der Waals surface area (Å²) in [4.78, 5) is 33.9. The van der Waals surface area contributed by atoms with Crippen LogP contribution in [0.4, 0.5) is 5.13 Å². The topological polar surface area (TPSA) is 84.0 Å². The molecule has 0 saturated carbocycles. The van der Waals surface area contributed by atoms with E-state index in [4.69, 9.17) is 9.47 Å². The molecule has 178 valence electrons. The fourth-order valence-corrected chi connectivity index (χ4v) is 4.59. The van der Waals surface area contributed by atoms with E-state index >= 15 is 0 Å². The van der Waals surface area contributed by atoms with Crippen molar-refractivity contribution < 1.29 is 19.1 Å². The number of amides is 2. The molecule has 1 aromatic heterocycles. The molecule has 8 nitrogen and oxygen atoms in total. The Morgan fingerprint density at radius 2 is 1.91 bits per heavy atom. The number of fused-ring (bicyclic) bond motifs is 1. The van der Waals surface area contributed by atoms with Gasteiger partial charge in [0, 0.05) is 37.8 Å². The van der Waals surface area contributed by atoms with E-state index in [1.165, 1.54) is 17.4 Å². The average Bonchev–Trinajstić information content (AvgIpc) is 3.25. The Balaban J connectivity index is 1.42. The van der Waals surface area contributed by atoms with Gasteiger partial charge in [-0.1, -0.05) is 17.4 Å². The lowest BCUT2D eigenvalue weighted by Gasteiger charge is -2.32. The second-order valence-electron chi connectivity index (χ2n) is 7.96. The molecule has 2 aromatic carbocycles. The minimum absolute atomic E-state index is 0.0303. The number of nitrogens with one attached hydrogen (secondary N) is 1. The summed E-state index contributed by atoms with van der Waals surface area (Å²) in [6.45, 7) is 5.66. The predicted octanol–water partition coefficient (Wildman–Crippen LogP) is 3.74. The van der Waals surface area contributed by atoms with E-state index in [-0.39, 0.29) is 11.8 Å². The highest BCUT2D eigenvalue weighted by Gasteiger charge is 2.21. The van der Waals surface area contributed by atoms with Crippen LogP contribution in [0, 0.1) is 0 Å². The molecule has 2 heterocycles. The lowest BCUT2D eigenvalue weighted by molar-refractivity contribution is -0.111. The number of aromatic nitrogens is 1. The Hall–Kier alpha value is -3.43. The Morgan fingerprint density at radius 1 is 1.12 bits per heavy atom. The highest BCUT2D eigenvalue weighted by atomic mass is 32.1. The van der Waals surface area contributed by atoms with E-state index in [0.29, 0.717) is 28.8 Å². The van der Waals surface area contributed by atoms with Crippen molar-refractivity contribution in [1.82, 2.24) is 14.8 Å². The van der Waals surface area contributed by atoms with Gasteiger partial charge < -0.3 is 19.3 Å². The SMILES string of the molecule is CCOc1ccc(/C=C/C(=O)Nc2nc3ccc(C(=O)N4CCN(C)CC4)cc3s2)cc1OC. The van der Waals surface area contributed by atoms with Crippen molar-refractivity contribution in [3.63, 3.8) is 0 Å². The lowest BCUT2D eigenvalue weighted by atomic mass is 10.1. The predicted molar refractivity (Wildman–Crippen MR) is 135 cm³/mol. The molecule has 9 heteroatoms. The molecule has 1 aliphatic heterocycles. The van der Waals surface area contributed by atoms with Crippen LogP contribution in [0.25, 0.3) is 16.3 Å². The molecule has 3 aromatic rings. The van der Waals surface area contributed by atoms with E-state index in [1.807, 2.05) is 42.2 Å². The van der Waals surface area contributed by atoms with Crippen LogP contribution in [0.2, 0.25) is 0 Å². The van der Waals surface area contributed by atoms with Gasteiger partial charge in [-0.25, -0.2) is 4.98 Å². The molecular weight excluding hydrogens is 452 g/mol. The first kappa shape index (κ1) is 23.7. The third-order valence-corrected chi connectivity index (χ3v) is 6.50. The second kappa shape index (κ2) is 10.7. The molecule has 4 rings (SSSR count). The minimum atomic E-state index is -0.291. The minimum Gasteiger partial charge on any atom is -0.493 e. The van der Waals surface area contributed by atoms with Crippen LogP contribution in [0.5, 0.6) is 11.5 Å². The summed E-state index contributed by atoms with van der Waals surface area (Å²) in [5, 5.41) is 3.29. The Labute approximate surface area is 202 Å². The van der Waals surface area contributed by atoms with Gasteiger partial charge in [-0.05, 0) is 55.9 Å². The molecule has 1 aliphatic rings. The zero-order valence-electron chi connectivity index (χ0n) is 19.5. The molecule has 0 radical (unpaired) electrons. The molecule has 1 N–H and O–H groups in total. The number of methoxy groups -OCH3 is 1. The van der Waals surface area contributed by atoms with Crippen LogP contribution in [0.15, 0.2) is 42.5 Å². The van der Waals surface area contributed by atoms with E-state index in [0.717, 1.165) is 42.0 Å². The van der Waals surface area contributed by atoms with Gasteiger partial charge in [0.1, 0.15) is 0 Å². The first-order chi connectivity index (χ1) is 16.5. The summed E-state index contributed by atoms with van der Waals surface area (Å²) in [6.07, 6.45) is 3.15. The monoisotopic (exact) mass is 480 g/mol. The zero-order valence-corrected chi connectivity index (χ0v) is 20.4. The van der Waals surface area contributed by atoms with E-state index in [1.54, 1.807) is 19.3 Å². The van der Waals surface area contributed by atoms with Crippen LogP contribution >= 0.6 is 11.3 Å². The van der Waals surface area contributed by atoms with Gasteiger partial charge >= 0.3 is 0 Å². The fraction of sp³-hybridized carbons (Fsp3) is 0.320. The maximum Gasteiger partial charge on any atom is 0.253 e. The highest BCUT2D eigenvalue weighted by molar-refractivity contribution is 7.22. The van der Waals surface area contributed by atoms with Crippen molar-refractivity contribution in [3.05, 3.63) is 53.6 Å². The largest absolute Gasteiger partial charge is 0.493 e. The van der Waals surface area contributed by atoms with Crippen LogP contribution in [0.3, 0.4) is 0 Å². The molecule has 0 spiro atoms. The van der Waals surface area contributed by atoms with Gasteiger partial charge in [-0.15, -0.1) is 0 Å². The zero-order chi connectivity index (χ0) is 24.1. The molecule has 0 bridgehead atoms. The third-order valence-electron chi connectivity index (χ3n) is 5.57.